The van der Waals surface area contributed by atoms with Gasteiger partial charge in [0.2, 0.25) is 0 Å². The van der Waals surface area contributed by atoms with E-state index in [1.165, 1.54) is 55.2 Å². The topological polar surface area (TPSA) is 36.7 Å². The first kappa shape index (κ1) is 24.5. The van der Waals surface area contributed by atoms with Crippen molar-refractivity contribution in [2.75, 3.05) is 0 Å². The molecule has 172 valence electrons. The summed E-state index contributed by atoms with van der Waals surface area (Å²) in [6, 6.07) is 16.2. The van der Waals surface area contributed by atoms with Crippen molar-refractivity contribution in [2.24, 2.45) is 11.3 Å². The molecule has 2 nitrogen and oxygen atoms in total. The van der Waals surface area contributed by atoms with Gasteiger partial charge in [0.25, 0.3) is 0 Å². The van der Waals surface area contributed by atoms with Gasteiger partial charge in [-0.3, -0.25) is 4.98 Å². The summed E-state index contributed by atoms with van der Waals surface area (Å²) in [4.78, 5) is 4.73. The van der Waals surface area contributed by atoms with Gasteiger partial charge in [-0.05, 0) is 80.4 Å². The molecule has 3 rings (SSSR count). The van der Waals surface area contributed by atoms with Crippen molar-refractivity contribution >= 4 is 0 Å². The number of hydrogen-bond acceptors (Lipinski definition) is 2. The van der Waals surface area contributed by atoms with E-state index in [0.29, 0.717) is 5.92 Å². The Kier molecular flexibility index (Phi) is 9.34. The first-order valence-electron chi connectivity index (χ1n) is 13.1. The average Bonchev–Trinajstić information content (AvgIpc) is 2.86. The van der Waals surface area contributed by atoms with Gasteiger partial charge in [0.15, 0.2) is 0 Å². The van der Waals surface area contributed by atoms with E-state index < -0.39 is 0 Å². The fourth-order valence-corrected chi connectivity index (χ4v) is 5.07. The predicted octanol–water partition coefficient (Wildman–Crippen LogP) is 8.87. The van der Waals surface area contributed by atoms with Gasteiger partial charge in [0, 0.05) is 11.8 Å². The minimum absolute atomic E-state index is 0.0813. The summed E-state index contributed by atoms with van der Waals surface area (Å²) in [6.45, 7) is 6.82. The second-order valence-corrected chi connectivity index (χ2v) is 10.2. The first-order chi connectivity index (χ1) is 15.6. The number of aromatic nitrogens is 1. The van der Waals surface area contributed by atoms with E-state index in [1.807, 2.05) is 0 Å². The molecular formula is C30H42N2. The van der Waals surface area contributed by atoms with Crippen LogP contribution in [-0.2, 0) is 6.42 Å². The normalized spacial score (nSPS) is 21.8. The fourth-order valence-electron chi connectivity index (χ4n) is 5.07. The number of benzene rings is 1. The van der Waals surface area contributed by atoms with E-state index in [-0.39, 0.29) is 5.41 Å². The Morgan fingerprint density at radius 2 is 1.78 bits per heavy atom. The minimum Gasteiger partial charge on any atom is -0.256 e. The Hall–Kier alpha value is -2.14. The van der Waals surface area contributed by atoms with E-state index in [2.05, 4.69) is 69.4 Å². The maximum absolute atomic E-state index is 9.88. The molecule has 1 aliphatic rings. The zero-order valence-electron chi connectivity index (χ0n) is 20.6. The zero-order valence-corrected chi connectivity index (χ0v) is 20.6. The SMILES string of the molecule is CCCCCCc1ccc(-c2ccc([C@H]3CC[C@@](C#N)(CC[C@@H](C)CC)CC3)cc2)nc1. The maximum Gasteiger partial charge on any atom is 0.0702 e. The van der Waals surface area contributed by atoms with Gasteiger partial charge < -0.3 is 0 Å². The third kappa shape index (κ3) is 6.68. The van der Waals surface area contributed by atoms with E-state index >= 15 is 0 Å². The number of nitriles is 1. The summed E-state index contributed by atoms with van der Waals surface area (Å²) in [7, 11) is 0. The molecule has 0 unspecified atom stereocenters. The molecule has 0 bridgehead atoms. The van der Waals surface area contributed by atoms with Gasteiger partial charge in [0.1, 0.15) is 0 Å². The standard InChI is InChI=1S/C30H42N2/c1-4-6-7-8-9-25-10-15-29(32-22-25)28-13-11-26(12-14-28)27-17-20-30(23-31,21-18-27)19-16-24(3)5-2/h10-15,22,24,27H,4-9,16-21H2,1-3H3/t24-,27-,30-/m0/s1. The zero-order chi connectivity index (χ0) is 22.8. The maximum atomic E-state index is 9.88. The first-order valence-corrected chi connectivity index (χ1v) is 13.1. The Bertz CT molecular complexity index is 836. The highest BCUT2D eigenvalue weighted by atomic mass is 14.7. The Labute approximate surface area is 196 Å². The number of nitrogens with zero attached hydrogens (tertiary/aromatic N) is 2. The van der Waals surface area contributed by atoms with E-state index in [1.54, 1.807) is 0 Å². The van der Waals surface area contributed by atoms with Crippen molar-refractivity contribution < 1.29 is 0 Å². The quantitative estimate of drug-likeness (QED) is 0.334. The molecule has 0 amide bonds. The van der Waals surface area contributed by atoms with Crippen LogP contribution in [0.25, 0.3) is 11.3 Å². The number of rotatable bonds is 11. The molecule has 32 heavy (non-hydrogen) atoms. The molecule has 0 N–H and O–H groups in total. The highest BCUT2D eigenvalue weighted by molar-refractivity contribution is 5.59. The van der Waals surface area contributed by atoms with Gasteiger partial charge in [-0.25, -0.2) is 0 Å². The largest absolute Gasteiger partial charge is 0.256 e. The number of unbranched alkanes of at least 4 members (excludes halogenated alkanes) is 3. The second kappa shape index (κ2) is 12.2. The summed E-state index contributed by atoms with van der Waals surface area (Å²) >= 11 is 0. The van der Waals surface area contributed by atoms with E-state index in [0.717, 1.165) is 50.1 Å². The molecule has 1 saturated carbocycles. The molecule has 0 aliphatic heterocycles. The molecule has 0 spiro atoms. The van der Waals surface area contributed by atoms with Gasteiger partial charge in [-0.15, -0.1) is 0 Å². The van der Waals surface area contributed by atoms with Crippen molar-refractivity contribution in [1.82, 2.24) is 4.98 Å². The summed E-state index contributed by atoms with van der Waals surface area (Å²) in [6.07, 6.45) is 16.2. The third-order valence-corrected chi connectivity index (χ3v) is 7.81. The summed E-state index contributed by atoms with van der Waals surface area (Å²) in [5.41, 5.74) is 4.95. The van der Waals surface area contributed by atoms with Crippen LogP contribution in [-0.4, -0.2) is 4.98 Å². The Morgan fingerprint density at radius 1 is 1.03 bits per heavy atom. The number of hydrogen-bond donors (Lipinski definition) is 0. The van der Waals surface area contributed by atoms with E-state index in [4.69, 9.17) is 4.98 Å². The van der Waals surface area contributed by atoms with Crippen LogP contribution >= 0.6 is 0 Å². The van der Waals surface area contributed by atoms with Crippen molar-refractivity contribution in [3.8, 4) is 17.3 Å². The predicted molar refractivity (Wildman–Crippen MR) is 135 cm³/mol. The molecule has 1 aliphatic carbocycles. The van der Waals surface area contributed by atoms with Crippen LogP contribution in [0.1, 0.15) is 108 Å². The molecule has 0 saturated heterocycles. The van der Waals surface area contributed by atoms with Crippen molar-refractivity contribution in [1.29, 1.82) is 5.26 Å². The van der Waals surface area contributed by atoms with Crippen molar-refractivity contribution in [2.45, 2.75) is 104 Å². The van der Waals surface area contributed by atoms with Crippen LogP contribution in [0.4, 0.5) is 0 Å². The van der Waals surface area contributed by atoms with Crippen LogP contribution in [0.15, 0.2) is 42.6 Å². The van der Waals surface area contributed by atoms with Crippen LogP contribution in [0.5, 0.6) is 0 Å². The highest BCUT2D eigenvalue weighted by Gasteiger charge is 2.35. The monoisotopic (exact) mass is 430 g/mol. The van der Waals surface area contributed by atoms with Crippen molar-refractivity contribution in [3.05, 3.63) is 53.7 Å². The minimum atomic E-state index is -0.0813. The van der Waals surface area contributed by atoms with E-state index in [9.17, 15) is 5.26 Å². The van der Waals surface area contributed by atoms with Crippen molar-refractivity contribution in [3.63, 3.8) is 0 Å². The Morgan fingerprint density at radius 3 is 2.38 bits per heavy atom. The van der Waals surface area contributed by atoms with Crippen LogP contribution in [0.3, 0.4) is 0 Å². The highest BCUT2D eigenvalue weighted by Crippen LogP contribution is 2.46. The molecule has 1 heterocycles. The molecule has 2 aromatic rings. The third-order valence-electron chi connectivity index (χ3n) is 7.81. The molecule has 2 heteroatoms. The molecule has 1 fully saturated rings. The van der Waals surface area contributed by atoms with Gasteiger partial charge in [-0.1, -0.05) is 76.8 Å². The number of pyridine rings is 1. The lowest BCUT2D eigenvalue weighted by molar-refractivity contribution is 0.213. The molecular weight excluding hydrogens is 388 g/mol. The molecule has 1 atom stereocenters. The van der Waals surface area contributed by atoms with Crippen LogP contribution in [0.2, 0.25) is 0 Å². The average molecular weight is 431 g/mol. The second-order valence-electron chi connectivity index (χ2n) is 10.2. The summed E-state index contributed by atoms with van der Waals surface area (Å²) < 4.78 is 0. The lowest BCUT2D eigenvalue weighted by atomic mass is 9.67. The van der Waals surface area contributed by atoms with Crippen LogP contribution < -0.4 is 0 Å². The lowest BCUT2D eigenvalue weighted by Gasteiger charge is -2.36. The Balaban J connectivity index is 1.54. The fraction of sp³-hybridized carbons (Fsp3) is 0.600. The lowest BCUT2D eigenvalue weighted by Crippen LogP contribution is -2.26. The molecule has 1 aromatic heterocycles. The number of aryl methyl sites for hydroxylation is 1. The van der Waals surface area contributed by atoms with Gasteiger partial charge in [0.05, 0.1) is 17.2 Å². The molecule has 1 aromatic carbocycles. The summed E-state index contributed by atoms with van der Waals surface area (Å²) in [5.74, 6) is 1.32. The molecule has 0 radical (unpaired) electrons. The summed E-state index contributed by atoms with van der Waals surface area (Å²) in [5, 5.41) is 9.88. The van der Waals surface area contributed by atoms with Gasteiger partial charge in [-0.2, -0.15) is 5.26 Å². The van der Waals surface area contributed by atoms with Gasteiger partial charge >= 0.3 is 0 Å². The smallest absolute Gasteiger partial charge is 0.0702 e. The van der Waals surface area contributed by atoms with Crippen LogP contribution in [0, 0.1) is 22.7 Å².